The predicted octanol–water partition coefficient (Wildman–Crippen LogP) is -0.0482. The Labute approximate surface area is 60.7 Å². The van der Waals surface area contributed by atoms with E-state index in [1.54, 1.807) is 17.2 Å². The molecule has 0 aliphatic carbocycles. The molecule has 0 atom stereocenters. The lowest BCUT2D eigenvalue weighted by atomic mass is 10.3. The standard InChI is InChI=1S/C7H12N2O/c1-9-6-2-4-8-5-3-7(9)10/h3,5,8H,2,4,6H2,1H3/b5-3-. The summed E-state index contributed by atoms with van der Waals surface area (Å²) < 4.78 is 0. The van der Waals surface area contributed by atoms with E-state index in [-0.39, 0.29) is 5.91 Å². The van der Waals surface area contributed by atoms with E-state index < -0.39 is 0 Å². The van der Waals surface area contributed by atoms with Gasteiger partial charge in [-0.15, -0.1) is 0 Å². The van der Waals surface area contributed by atoms with E-state index in [0.29, 0.717) is 0 Å². The molecule has 0 saturated carbocycles. The lowest BCUT2D eigenvalue weighted by molar-refractivity contribution is -0.124. The van der Waals surface area contributed by atoms with Crippen molar-refractivity contribution >= 4 is 5.91 Å². The summed E-state index contributed by atoms with van der Waals surface area (Å²) in [5.41, 5.74) is 0. The fourth-order valence-electron chi connectivity index (χ4n) is 0.869. The van der Waals surface area contributed by atoms with Crippen LogP contribution in [0.3, 0.4) is 0 Å². The highest BCUT2D eigenvalue weighted by molar-refractivity contribution is 5.87. The average Bonchev–Trinajstić information content (AvgIpc) is 1.92. The van der Waals surface area contributed by atoms with Crippen LogP contribution in [0.25, 0.3) is 0 Å². The topological polar surface area (TPSA) is 32.3 Å². The van der Waals surface area contributed by atoms with Crippen molar-refractivity contribution < 1.29 is 4.79 Å². The van der Waals surface area contributed by atoms with Gasteiger partial charge >= 0.3 is 0 Å². The third-order valence-corrected chi connectivity index (χ3v) is 1.53. The van der Waals surface area contributed by atoms with Gasteiger partial charge in [-0.05, 0) is 6.42 Å². The van der Waals surface area contributed by atoms with Crippen molar-refractivity contribution in [3.63, 3.8) is 0 Å². The van der Waals surface area contributed by atoms with Crippen LogP contribution >= 0.6 is 0 Å². The zero-order valence-electron chi connectivity index (χ0n) is 6.13. The summed E-state index contributed by atoms with van der Waals surface area (Å²) in [4.78, 5) is 12.7. The first kappa shape index (κ1) is 7.12. The smallest absolute Gasteiger partial charge is 0.247 e. The van der Waals surface area contributed by atoms with Crippen molar-refractivity contribution in [3.05, 3.63) is 12.3 Å². The summed E-state index contributed by atoms with van der Waals surface area (Å²) in [6.45, 7) is 1.80. The highest BCUT2D eigenvalue weighted by atomic mass is 16.2. The lowest BCUT2D eigenvalue weighted by Crippen LogP contribution is -2.30. The predicted molar refractivity (Wildman–Crippen MR) is 39.4 cm³/mol. The molecule has 0 bridgehead atoms. The Bertz CT molecular complexity index is 154. The SMILES string of the molecule is CN1CCCN/C=C\C1=O. The molecule has 1 N–H and O–H groups in total. The second-order valence-electron chi connectivity index (χ2n) is 2.40. The number of amides is 1. The number of hydrogen-bond donors (Lipinski definition) is 1. The number of carbonyl (C=O) groups is 1. The van der Waals surface area contributed by atoms with E-state index in [2.05, 4.69) is 5.32 Å². The number of nitrogens with zero attached hydrogens (tertiary/aromatic N) is 1. The maximum Gasteiger partial charge on any atom is 0.247 e. The first-order chi connectivity index (χ1) is 4.80. The minimum Gasteiger partial charge on any atom is -0.391 e. The van der Waals surface area contributed by atoms with E-state index >= 15 is 0 Å². The van der Waals surface area contributed by atoms with E-state index in [9.17, 15) is 4.79 Å². The van der Waals surface area contributed by atoms with E-state index in [1.807, 2.05) is 7.05 Å². The molecule has 1 heterocycles. The van der Waals surface area contributed by atoms with Crippen molar-refractivity contribution in [2.24, 2.45) is 0 Å². The molecule has 1 aliphatic heterocycles. The van der Waals surface area contributed by atoms with Gasteiger partial charge in [0.15, 0.2) is 0 Å². The molecule has 3 heteroatoms. The Balaban J connectivity index is 2.53. The van der Waals surface area contributed by atoms with E-state index in [1.165, 1.54) is 0 Å². The fourth-order valence-corrected chi connectivity index (χ4v) is 0.869. The molecule has 0 saturated heterocycles. The lowest BCUT2D eigenvalue weighted by Gasteiger charge is -2.16. The van der Waals surface area contributed by atoms with Crippen molar-refractivity contribution in [1.29, 1.82) is 0 Å². The van der Waals surface area contributed by atoms with Gasteiger partial charge in [-0.3, -0.25) is 4.79 Å². The minimum atomic E-state index is 0.0761. The van der Waals surface area contributed by atoms with E-state index in [0.717, 1.165) is 19.5 Å². The van der Waals surface area contributed by atoms with Gasteiger partial charge in [0, 0.05) is 32.4 Å². The van der Waals surface area contributed by atoms with Crippen LogP contribution in [0.2, 0.25) is 0 Å². The van der Waals surface area contributed by atoms with Gasteiger partial charge in [0.05, 0.1) is 0 Å². The van der Waals surface area contributed by atoms with Crippen LogP contribution in [-0.4, -0.2) is 30.9 Å². The van der Waals surface area contributed by atoms with Gasteiger partial charge < -0.3 is 10.2 Å². The molecule has 1 amide bonds. The fraction of sp³-hybridized carbons (Fsp3) is 0.571. The summed E-state index contributed by atoms with van der Waals surface area (Å²) in [5.74, 6) is 0.0761. The molecule has 0 unspecified atom stereocenters. The third-order valence-electron chi connectivity index (χ3n) is 1.53. The van der Waals surface area contributed by atoms with Crippen molar-refractivity contribution in [1.82, 2.24) is 10.2 Å². The van der Waals surface area contributed by atoms with Crippen LogP contribution in [0.15, 0.2) is 12.3 Å². The molecule has 1 aliphatic rings. The largest absolute Gasteiger partial charge is 0.391 e. The summed E-state index contributed by atoms with van der Waals surface area (Å²) >= 11 is 0. The highest BCUT2D eigenvalue weighted by Crippen LogP contribution is 1.91. The molecule has 56 valence electrons. The molecule has 0 aromatic heterocycles. The molecule has 0 spiro atoms. The quantitative estimate of drug-likeness (QED) is 0.511. The highest BCUT2D eigenvalue weighted by Gasteiger charge is 2.04. The van der Waals surface area contributed by atoms with Crippen LogP contribution in [-0.2, 0) is 4.79 Å². The molecule has 0 fully saturated rings. The molecule has 0 aromatic carbocycles. The molecular formula is C7H12N2O. The number of nitrogens with one attached hydrogen (secondary N) is 1. The van der Waals surface area contributed by atoms with Gasteiger partial charge in [-0.25, -0.2) is 0 Å². The summed E-state index contributed by atoms with van der Waals surface area (Å²) in [7, 11) is 1.82. The molecule has 0 radical (unpaired) electrons. The number of likely N-dealkylation sites (N-methyl/N-ethyl adjacent to an activating group) is 1. The van der Waals surface area contributed by atoms with Crippen molar-refractivity contribution in [3.8, 4) is 0 Å². The Morgan fingerprint density at radius 2 is 2.50 bits per heavy atom. The third kappa shape index (κ3) is 1.76. The molecule has 3 nitrogen and oxygen atoms in total. The van der Waals surface area contributed by atoms with Crippen LogP contribution in [0.4, 0.5) is 0 Å². The minimum absolute atomic E-state index is 0.0761. The summed E-state index contributed by atoms with van der Waals surface area (Å²) in [5, 5.41) is 3.01. The molecule has 10 heavy (non-hydrogen) atoms. The van der Waals surface area contributed by atoms with Crippen molar-refractivity contribution in [2.75, 3.05) is 20.1 Å². The van der Waals surface area contributed by atoms with Crippen molar-refractivity contribution in [2.45, 2.75) is 6.42 Å². The maximum atomic E-state index is 11.0. The number of rotatable bonds is 0. The van der Waals surface area contributed by atoms with Gasteiger partial charge in [0.25, 0.3) is 0 Å². The normalized spacial score (nSPS) is 22.9. The number of hydrogen-bond acceptors (Lipinski definition) is 2. The maximum absolute atomic E-state index is 11.0. The first-order valence-corrected chi connectivity index (χ1v) is 3.46. The zero-order valence-corrected chi connectivity index (χ0v) is 6.13. The summed E-state index contributed by atoms with van der Waals surface area (Å²) in [6.07, 6.45) is 4.28. The second-order valence-corrected chi connectivity index (χ2v) is 2.40. The Hall–Kier alpha value is -0.990. The molecule has 1 rings (SSSR count). The Kier molecular flexibility index (Phi) is 2.31. The van der Waals surface area contributed by atoms with Gasteiger partial charge in [-0.1, -0.05) is 0 Å². The summed E-state index contributed by atoms with van der Waals surface area (Å²) in [6, 6.07) is 0. The van der Waals surface area contributed by atoms with Gasteiger partial charge in [-0.2, -0.15) is 0 Å². The van der Waals surface area contributed by atoms with Crippen LogP contribution < -0.4 is 5.32 Å². The first-order valence-electron chi connectivity index (χ1n) is 3.46. The average molecular weight is 140 g/mol. The zero-order chi connectivity index (χ0) is 7.40. The van der Waals surface area contributed by atoms with Crippen LogP contribution in [0, 0.1) is 0 Å². The Morgan fingerprint density at radius 1 is 1.70 bits per heavy atom. The van der Waals surface area contributed by atoms with Gasteiger partial charge in [0.2, 0.25) is 5.91 Å². The van der Waals surface area contributed by atoms with Crippen LogP contribution in [0.5, 0.6) is 0 Å². The van der Waals surface area contributed by atoms with E-state index in [4.69, 9.17) is 0 Å². The number of carbonyl (C=O) groups excluding carboxylic acids is 1. The van der Waals surface area contributed by atoms with Crippen LogP contribution in [0.1, 0.15) is 6.42 Å². The Morgan fingerprint density at radius 3 is 3.30 bits per heavy atom. The second kappa shape index (κ2) is 3.25. The van der Waals surface area contributed by atoms with Gasteiger partial charge in [0.1, 0.15) is 0 Å². The monoisotopic (exact) mass is 140 g/mol. The molecule has 0 aromatic rings. The molecular weight excluding hydrogens is 128 g/mol.